The number of nitrogens with zero attached hydrogens (tertiary/aromatic N) is 4. The van der Waals surface area contributed by atoms with Crippen LogP contribution < -0.4 is 10.1 Å². The van der Waals surface area contributed by atoms with Crippen molar-refractivity contribution in [1.29, 1.82) is 0 Å². The summed E-state index contributed by atoms with van der Waals surface area (Å²) in [5.41, 5.74) is -0.0338. The number of methoxy groups -OCH3 is 1. The molecule has 0 unspecified atom stereocenters. The van der Waals surface area contributed by atoms with Gasteiger partial charge in [-0.05, 0) is 32.5 Å². The average Bonchev–Trinajstić information content (AvgIpc) is 2.74. The highest BCUT2D eigenvalue weighted by Crippen LogP contribution is 2.31. The quantitative estimate of drug-likeness (QED) is 0.870. The average molecular weight is 297 g/mol. The van der Waals surface area contributed by atoms with Gasteiger partial charge < -0.3 is 10.1 Å². The van der Waals surface area contributed by atoms with Crippen molar-refractivity contribution in [2.75, 3.05) is 12.4 Å². The first-order chi connectivity index (χ1) is 8.96. The molecule has 0 saturated heterocycles. The summed E-state index contributed by atoms with van der Waals surface area (Å²) in [6, 6.07) is 1.71. The van der Waals surface area contributed by atoms with Gasteiger partial charge in [-0.25, -0.2) is 4.98 Å². The molecule has 19 heavy (non-hydrogen) atoms. The molecule has 0 aliphatic carbocycles. The first kappa shape index (κ1) is 14.0. The third-order valence-corrected chi connectivity index (χ3v) is 3.65. The van der Waals surface area contributed by atoms with Crippen molar-refractivity contribution in [2.45, 2.75) is 35.8 Å². The second-order valence-electron chi connectivity index (χ2n) is 4.73. The zero-order chi connectivity index (χ0) is 13.9. The van der Waals surface area contributed by atoms with Gasteiger partial charge in [0.1, 0.15) is 0 Å². The van der Waals surface area contributed by atoms with Crippen molar-refractivity contribution < 1.29 is 4.74 Å². The van der Waals surface area contributed by atoms with Crippen LogP contribution in [-0.2, 0) is 0 Å². The lowest BCUT2D eigenvalue weighted by Crippen LogP contribution is -2.25. The van der Waals surface area contributed by atoms with E-state index in [1.807, 2.05) is 0 Å². The maximum absolute atomic E-state index is 5.05. The summed E-state index contributed by atoms with van der Waals surface area (Å²) in [5.74, 6) is 0.537. The fourth-order valence-electron chi connectivity index (χ4n) is 1.19. The zero-order valence-corrected chi connectivity index (χ0v) is 12.8. The minimum atomic E-state index is -0.0338. The molecule has 0 fully saturated rings. The van der Waals surface area contributed by atoms with E-state index in [1.54, 1.807) is 19.4 Å². The van der Waals surface area contributed by atoms with Gasteiger partial charge in [-0.3, -0.25) is 0 Å². The van der Waals surface area contributed by atoms with E-state index in [2.05, 4.69) is 46.3 Å². The highest BCUT2D eigenvalue weighted by molar-refractivity contribution is 8.00. The Kier molecular flexibility index (Phi) is 4.20. The van der Waals surface area contributed by atoms with E-state index < -0.39 is 0 Å². The van der Waals surface area contributed by atoms with Gasteiger partial charge in [0, 0.05) is 17.8 Å². The summed E-state index contributed by atoms with van der Waals surface area (Å²) in [4.78, 5) is 8.38. The van der Waals surface area contributed by atoms with Crippen molar-refractivity contribution in [3.8, 4) is 5.88 Å². The standard InChI is InChI=1S/C11H15N5OS2/c1-11(2,3)14-9-15-16-10(19-9)18-8-12-6-5-7(13-8)17-4/h5-6H,1-4H3,(H,14,15). The summed E-state index contributed by atoms with van der Waals surface area (Å²) in [7, 11) is 1.58. The van der Waals surface area contributed by atoms with E-state index in [9.17, 15) is 0 Å². The molecular weight excluding hydrogens is 282 g/mol. The molecule has 0 aliphatic rings. The molecular formula is C11H15N5OS2. The third-order valence-electron chi connectivity index (χ3n) is 1.88. The van der Waals surface area contributed by atoms with Crippen LogP contribution in [0.3, 0.4) is 0 Å². The Morgan fingerprint density at radius 2 is 2.11 bits per heavy atom. The summed E-state index contributed by atoms with van der Waals surface area (Å²) < 4.78 is 5.85. The molecule has 102 valence electrons. The molecule has 0 radical (unpaired) electrons. The van der Waals surface area contributed by atoms with Gasteiger partial charge in [0.25, 0.3) is 0 Å². The Morgan fingerprint density at radius 1 is 1.32 bits per heavy atom. The first-order valence-electron chi connectivity index (χ1n) is 5.63. The monoisotopic (exact) mass is 297 g/mol. The largest absolute Gasteiger partial charge is 0.481 e. The normalized spacial score (nSPS) is 11.4. The summed E-state index contributed by atoms with van der Waals surface area (Å²) >= 11 is 2.84. The molecule has 8 heteroatoms. The highest BCUT2D eigenvalue weighted by atomic mass is 32.2. The molecule has 0 saturated carbocycles. The van der Waals surface area contributed by atoms with Crippen molar-refractivity contribution in [2.24, 2.45) is 0 Å². The Morgan fingerprint density at radius 3 is 2.79 bits per heavy atom. The first-order valence-corrected chi connectivity index (χ1v) is 7.26. The molecule has 2 aromatic heterocycles. The van der Waals surface area contributed by atoms with Crippen LogP contribution in [0, 0.1) is 0 Å². The maximum atomic E-state index is 5.05. The number of hydrogen-bond acceptors (Lipinski definition) is 8. The van der Waals surface area contributed by atoms with E-state index >= 15 is 0 Å². The van der Waals surface area contributed by atoms with E-state index in [4.69, 9.17) is 4.74 Å². The molecule has 0 spiro atoms. The molecule has 2 heterocycles. The lowest BCUT2D eigenvalue weighted by atomic mass is 10.1. The molecule has 0 bridgehead atoms. The topological polar surface area (TPSA) is 72.8 Å². The van der Waals surface area contributed by atoms with E-state index in [1.165, 1.54) is 23.1 Å². The van der Waals surface area contributed by atoms with Crippen molar-refractivity contribution in [1.82, 2.24) is 20.2 Å². The summed E-state index contributed by atoms with van der Waals surface area (Å²) in [5, 5.41) is 12.9. The second-order valence-corrected chi connectivity index (χ2v) is 6.92. The van der Waals surface area contributed by atoms with E-state index in [0.29, 0.717) is 11.0 Å². The third kappa shape index (κ3) is 4.32. The van der Waals surface area contributed by atoms with Crippen molar-refractivity contribution in [3.05, 3.63) is 12.3 Å². The summed E-state index contributed by atoms with van der Waals surface area (Å²) in [6.45, 7) is 6.23. The number of rotatable bonds is 4. The Bertz CT molecular complexity index is 552. The lowest BCUT2D eigenvalue weighted by molar-refractivity contribution is 0.392. The number of nitrogens with one attached hydrogen (secondary N) is 1. The Labute approximate surface area is 120 Å². The molecule has 0 aliphatic heterocycles. The van der Waals surface area contributed by atoms with Crippen LogP contribution in [0.15, 0.2) is 21.8 Å². The lowest BCUT2D eigenvalue weighted by Gasteiger charge is -2.18. The van der Waals surface area contributed by atoms with Crippen molar-refractivity contribution >= 4 is 28.2 Å². The van der Waals surface area contributed by atoms with Gasteiger partial charge in [0.05, 0.1) is 7.11 Å². The number of hydrogen-bond donors (Lipinski definition) is 1. The van der Waals surface area contributed by atoms with E-state index in [0.717, 1.165) is 9.47 Å². The second kappa shape index (κ2) is 5.70. The number of aromatic nitrogens is 4. The zero-order valence-electron chi connectivity index (χ0n) is 11.2. The fourth-order valence-corrected chi connectivity index (χ4v) is 2.99. The van der Waals surface area contributed by atoms with Gasteiger partial charge in [0.2, 0.25) is 11.0 Å². The predicted octanol–water partition coefficient (Wildman–Crippen LogP) is 2.70. The van der Waals surface area contributed by atoms with Gasteiger partial charge >= 0.3 is 0 Å². The van der Waals surface area contributed by atoms with E-state index in [-0.39, 0.29) is 5.54 Å². The summed E-state index contributed by atoms with van der Waals surface area (Å²) in [6.07, 6.45) is 1.66. The van der Waals surface area contributed by atoms with Crippen LogP contribution in [-0.4, -0.2) is 32.8 Å². The highest BCUT2D eigenvalue weighted by Gasteiger charge is 2.14. The van der Waals surface area contributed by atoms with Crippen LogP contribution in [0.4, 0.5) is 5.13 Å². The van der Waals surface area contributed by atoms with Gasteiger partial charge in [-0.2, -0.15) is 4.98 Å². The number of ether oxygens (including phenoxy) is 1. The van der Waals surface area contributed by atoms with Crippen LogP contribution in [0.5, 0.6) is 5.88 Å². The van der Waals surface area contributed by atoms with Gasteiger partial charge in [0.15, 0.2) is 9.50 Å². The smallest absolute Gasteiger partial charge is 0.217 e. The maximum Gasteiger partial charge on any atom is 0.217 e. The molecule has 2 aromatic rings. The molecule has 0 aromatic carbocycles. The van der Waals surface area contributed by atoms with Crippen LogP contribution in [0.2, 0.25) is 0 Å². The van der Waals surface area contributed by atoms with Gasteiger partial charge in [-0.15, -0.1) is 10.2 Å². The minimum absolute atomic E-state index is 0.0338. The number of anilines is 1. The van der Waals surface area contributed by atoms with Gasteiger partial charge in [-0.1, -0.05) is 11.3 Å². The molecule has 2 rings (SSSR count). The molecule has 6 nitrogen and oxygen atoms in total. The predicted molar refractivity (Wildman–Crippen MR) is 76.0 cm³/mol. The Hall–Kier alpha value is -1.41. The van der Waals surface area contributed by atoms with Crippen LogP contribution in [0.25, 0.3) is 0 Å². The fraction of sp³-hybridized carbons (Fsp3) is 0.455. The molecule has 0 atom stereocenters. The molecule has 0 amide bonds. The van der Waals surface area contributed by atoms with Crippen molar-refractivity contribution in [3.63, 3.8) is 0 Å². The van der Waals surface area contributed by atoms with Crippen LogP contribution in [0.1, 0.15) is 20.8 Å². The minimum Gasteiger partial charge on any atom is -0.481 e. The SMILES string of the molecule is COc1ccnc(Sc2nnc(NC(C)(C)C)s2)n1. The molecule has 1 N–H and O–H groups in total. The van der Waals surface area contributed by atoms with Crippen LogP contribution >= 0.6 is 23.1 Å². The Balaban J connectivity index is 2.07.